The molecule has 0 aromatic heterocycles. The van der Waals surface area contributed by atoms with Gasteiger partial charge >= 0.3 is 0 Å². The van der Waals surface area contributed by atoms with Gasteiger partial charge in [-0.25, -0.2) is 0 Å². The Hall–Kier alpha value is -2.66. The van der Waals surface area contributed by atoms with Crippen LogP contribution >= 0.6 is 0 Å². The Morgan fingerprint density at radius 2 is 1.72 bits per heavy atom. The number of amides is 2. The second kappa shape index (κ2) is 8.44. The van der Waals surface area contributed by atoms with E-state index >= 15 is 0 Å². The van der Waals surface area contributed by atoms with Crippen molar-refractivity contribution in [1.29, 1.82) is 0 Å². The van der Waals surface area contributed by atoms with E-state index in [1.54, 1.807) is 12.1 Å². The molecule has 1 aliphatic heterocycles. The zero-order valence-corrected chi connectivity index (χ0v) is 14.1. The van der Waals surface area contributed by atoms with E-state index in [1.165, 1.54) is 0 Å². The van der Waals surface area contributed by atoms with E-state index < -0.39 is 0 Å². The van der Waals surface area contributed by atoms with Crippen molar-refractivity contribution in [3.05, 3.63) is 71.8 Å². The number of hydrogen-bond donors (Lipinski definition) is 1. The van der Waals surface area contributed by atoms with E-state index in [-0.39, 0.29) is 17.9 Å². The van der Waals surface area contributed by atoms with Crippen molar-refractivity contribution in [3.8, 4) is 0 Å². The van der Waals surface area contributed by atoms with Gasteiger partial charge in [-0.2, -0.15) is 0 Å². The molecule has 0 radical (unpaired) electrons. The zero-order valence-electron chi connectivity index (χ0n) is 14.1. The van der Waals surface area contributed by atoms with Crippen LogP contribution in [0.3, 0.4) is 0 Å². The Morgan fingerprint density at radius 1 is 1.04 bits per heavy atom. The number of morpholine rings is 1. The number of benzene rings is 2. The molecule has 0 bridgehead atoms. The Balaban J connectivity index is 1.47. The van der Waals surface area contributed by atoms with Crippen LogP contribution in [0.1, 0.15) is 28.4 Å². The molecule has 0 saturated carbocycles. The molecule has 1 saturated heterocycles. The zero-order chi connectivity index (χ0) is 17.5. The molecule has 0 aliphatic carbocycles. The molecule has 1 atom stereocenters. The molecule has 1 N–H and O–H groups in total. The summed E-state index contributed by atoms with van der Waals surface area (Å²) in [4.78, 5) is 26.2. The summed E-state index contributed by atoms with van der Waals surface area (Å²) in [6.07, 6.45) is 0.206. The van der Waals surface area contributed by atoms with Crippen molar-refractivity contribution in [3.63, 3.8) is 0 Å². The lowest BCUT2D eigenvalue weighted by Crippen LogP contribution is -2.43. The first kappa shape index (κ1) is 17.2. The monoisotopic (exact) mass is 338 g/mol. The molecule has 2 amide bonds. The van der Waals surface area contributed by atoms with Crippen LogP contribution in [0, 0.1) is 0 Å². The Morgan fingerprint density at radius 3 is 2.44 bits per heavy atom. The van der Waals surface area contributed by atoms with Crippen LogP contribution in [0.2, 0.25) is 0 Å². The van der Waals surface area contributed by atoms with Gasteiger partial charge < -0.3 is 15.0 Å². The van der Waals surface area contributed by atoms with Crippen LogP contribution in [0.4, 0.5) is 0 Å². The molecule has 25 heavy (non-hydrogen) atoms. The first-order valence-corrected chi connectivity index (χ1v) is 8.51. The Bertz CT molecular complexity index is 703. The minimum absolute atomic E-state index is 0.0394. The fraction of sp³-hybridized carbons (Fsp3) is 0.300. The van der Waals surface area contributed by atoms with Gasteiger partial charge in [0.25, 0.3) is 5.91 Å². The average Bonchev–Trinajstić information content (AvgIpc) is 2.69. The van der Waals surface area contributed by atoms with Gasteiger partial charge in [0.05, 0.1) is 13.2 Å². The summed E-state index contributed by atoms with van der Waals surface area (Å²) < 4.78 is 5.78. The molecule has 1 heterocycles. The smallest absolute Gasteiger partial charge is 0.251 e. The summed E-state index contributed by atoms with van der Waals surface area (Å²) in [5, 5.41) is 2.79. The molecule has 130 valence electrons. The van der Waals surface area contributed by atoms with E-state index in [1.807, 2.05) is 53.4 Å². The third kappa shape index (κ3) is 4.67. The van der Waals surface area contributed by atoms with Gasteiger partial charge in [-0.3, -0.25) is 9.59 Å². The first-order valence-electron chi connectivity index (χ1n) is 8.51. The lowest BCUT2D eigenvalue weighted by atomic mass is 10.1. The van der Waals surface area contributed by atoms with E-state index in [0.29, 0.717) is 38.2 Å². The van der Waals surface area contributed by atoms with Gasteiger partial charge in [-0.15, -0.1) is 0 Å². The molecule has 5 nitrogen and oxygen atoms in total. The summed E-state index contributed by atoms with van der Waals surface area (Å²) >= 11 is 0. The number of rotatable bonds is 5. The van der Waals surface area contributed by atoms with Gasteiger partial charge in [0, 0.05) is 25.1 Å². The van der Waals surface area contributed by atoms with Gasteiger partial charge in [0.15, 0.2) is 0 Å². The summed E-state index contributed by atoms with van der Waals surface area (Å²) in [5.41, 5.74) is 1.68. The molecule has 2 aromatic carbocycles. The minimum Gasteiger partial charge on any atom is -0.370 e. The van der Waals surface area contributed by atoms with Gasteiger partial charge in [-0.1, -0.05) is 48.5 Å². The van der Waals surface area contributed by atoms with E-state index in [0.717, 1.165) is 5.56 Å². The van der Waals surface area contributed by atoms with Crippen molar-refractivity contribution in [2.75, 3.05) is 26.2 Å². The largest absolute Gasteiger partial charge is 0.370 e. The number of nitrogens with zero attached hydrogens (tertiary/aromatic N) is 1. The van der Waals surface area contributed by atoms with Crippen LogP contribution in [-0.4, -0.2) is 43.0 Å². The lowest BCUT2D eigenvalue weighted by Gasteiger charge is -2.33. The van der Waals surface area contributed by atoms with E-state index in [9.17, 15) is 9.59 Å². The molecule has 1 aliphatic rings. The topological polar surface area (TPSA) is 58.6 Å². The van der Waals surface area contributed by atoms with Crippen molar-refractivity contribution < 1.29 is 14.3 Å². The average molecular weight is 338 g/mol. The normalized spacial score (nSPS) is 17.1. The quantitative estimate of drug-likeness (QED) is 0.911. The minimum atomic E-state index is -0.155. The highest BCUT2D eigenvalue weighted by atomic mass is 16.5. The number of carbonyl (C=O) groups is 2. The Kier molecular flexibility index (Phi) is 5.80. The van der Waals surface area contributed by atoms with Gasteiger partial charge in [-0.05, 0) is 17.7 Å². The van der Waals surface area contributed by atoms with Crippen molar-refractivity contribution in [2.45, 2.75) is 12.5 Å². The second-order valence-corrected chi connectivity index (χ2v) is 5.98. The van der Waals surface area contributed by atoms with Crippen molar-refractivity contribution in [1.82, 2.24) is 10.2 Å². The third-order valence-electron chi connectivity index (χ3n) is 4.25. The highest BCUT2D eigenvalue weighted by Gasteiger charge is 2.25. The summed E-state index contributed by atoms with van der Waals surface area (Å²) in [6.45, 7) is 2.01. The Labute approximate surface area is 147 Å². The highest BCUT2D eigenvalue weighted by molar-refractivity contribution is 5.94. The molecule has 2 aromatic rings. The number of hydrogen-bond acceptors (Lipinski definition) is 3. The molecule has 0 spiro atoms. The summed E-state index contributed by atoms with van der Waals surface area (Å²) in [7, 11) is 0. The van der Waals surface area contributed by atoms with Crippen molar-refractivity contribution >= 4 is 11.8 Å². The van der Waals surface area contributed by atoms with Crippen LogP contribution in [0.5, 0.6) is 0 Å². The van der Waals surface area contributed by atoms with Crippen LogP contribution in [-0.2, 0) is 9.53 Å². The second-order valence-electron chi connectivity index (χ2n) is 5.98. The van der Waals surface area contributed by atoms with E-state index in [2.05, 4.69) is 5.32 Å². The van der Waals surface area contributed by atoms with Crippen LogP contribution in [0.25, 0.3) is 0 Å². The lowest BCUT2D eigenvalue weighted by molar-refractivity contribution is -0.138. The predicted octanol–water partition coefficient (Wildman–Crippen LogP) is 2.41. The summed E-state index contributed by atoms with van der Waals surface area (Å²) in [5.74, 6) is -0.116. The molecule has 1 fully saturated rings. The number of nitrogens with one attached hydrogen (secondary N) is 1. The maximum Gasteiger partial charge on any atom is 0.251 e. The highest BCUT2D eigenvalue weighted by Crippen LogP contribution is 2.22. The van der Waals surface area contributed by atoms with Gasteiger partial charge in [0.1, 0.15) is 6.10 Å². The molecule has 5 heteroatoms. The fourth-order valence-electron chi connectivity index (χ4n) is 2.88. The van der Waals surface area contributed by atoms with Crippen LogP contribution < -0.4 is 5.32 Å². The maximum atomic E-state index is 12.4. The molecule has 1 unspecified atom stereocenters. The first-order chi connectivity index (χ1) is 12.2. The molecular weight excluding hydrogens is 316 g/mol. The number of carbonyl (C=O) groups excluding carboxylic acids is 2. The SMILES string of the molecule is O=C(NCCC(=O)N1CCOC(c2ccccc2)C1)c1ccccc1. The fourth-order valence-corrected chi connectivity index (χ4v) is 2.88. The standard InChI is InChI=1S/C20H22N2O3/c23-19(11-12-21-20(24)17-9-5-2-6-10-17)22-13-14-25-18(15-22)16-7-3-1-4-8-16/h1-10,18H,11-15H2,(H,21,24). The predicted molar refractivity (Wildman–Crippen MR) is 95.1 cm³/mol. The third-order valence-corrected chi connectivity index (χ3v) is 4.25. The van der Waals surface area contributed by atoms with Crippen LogP contribution in [0.15, 0.2) is 60.7 Å². The maximum absolute atomic E-state index is 12.4. The molecule has 3 rings (SSSR count). The molecular formula is C20H22N2O3. The van der Waals surface area contributed by atoms with E-state index in [4.69, 9.17) is 4.74 Å². The van der Waals surface area contributed by atoms with Crippen molar-refractivity contribution in [2.24, 2.45) is 0 Å². The van der Waals surface area contributed by atoms with Gasteiger partial charge in [0.2, 0.25) is 5.91 Å². The number of ether oxygens (including phenoxy) is 1. The summed E-state index contributed by atoms with van der Waals surface area (Å²) in [6, 6.07) is 18.9.